The standard InChI is InChI=1S/C22H27NO4/c1-25-20-11-18(12-21(13-20)26-2)15-23-8-7-17(14-23)9-16-5-4-6-19(10-16)22(24)27-3/h4-6,10-13,17H,7-9,14-15H2,1-3H3. The lowest BCUT2D eigenvalue weighted by Gasteiger charge is -2.17. The third-order valence-corrected chi connectivity index (χ3v) is 5.06. The Kier molecular flexibility index (Phi) is 6.35. The lowest BCUT2D eigenvalue weighted by Crippen LogP contribution is -2.20. The Morgan fingerprint density at radius 1 is 1.04 bits per heavy atom. The van der Waals surface area contributed by atoms with E-state index in [2.05, 4.69) is 23.1 Å². The van der Waals surface area contributed by atoms with Crippen LogP contribution >= 0.6 is 0 Å². The first-order chi connectivity index (χ1) is 13.1. The van der Waals surface area contributed by atoms with Crippen LogP contribution in [0.4, 0.5) is 0 Å². The highest BCUT2D eigenvalue weighted by Gasteiger charge is 2.23. The fourth-order valence-corrected chi connectivity index (χ4v) is 3.72. The third kappa shape index (κ3) is 5.01. The van der Waals surface area contributed by atoms with Gasteiger partial charge in [0.25, 0.3) is 0 Å². The molecule has 3 rings (SSSR count). The molecule has 0 saturated carbocycles. The summed E-state index contributed by atoms with van der Waals surface area (Å²) in [6.07, 6.45) is 2.13. The summed E-state index contributed by atoms with van der Waals surface area (Å²) in [5.41, 5.74) is 3.00. The molecular weight excluding hydrogens is 342 g/mol. The average molecular weight is 369 g/mol. The maximum Gasteiger partial charge on any atom is 0.337 e. The molecule has 0 spiro atoms. The van der Waals surface area contributed by atoms with Crippen LogP contribution in [0.3, 0.4) is 0 Å². The summed E-state index contributed by atoms with van der Waals surface area (Å²) >= 11 is 0. The van der Waals surface area contributed by atoms with Crippen LogP contribution in [-0.4, -0.2) is 45.3 Å². The molecule has 0 radical (unpaired) electrons. The van der Waals surface area contributed by atoms with Gasteiger partial charge in [-0.3, -0.25) is 4.90 Å². The van der Waals surface area contributed by atoms with Crippen LogP contribution in [0.2, 0.25) is 0 Å². The molecule has 1 aliphatic heterocycles. The van der Waals surface area contributed by atoms with Crippen molar-refractivity contribution < 1.29 is 19.0 Å². The summed E-state index contributed by atoms with van der Waals surface area (Å²) in [6, 6.07) is 13.8. The molecule has 1 saturated heterocycles. The van der Waals surface area contributed by atoms with Gasteiger partial charge in [0.2, 0.25) is 0 Å². The lowest BCUT2D eigenvalue weighted by molar-refractivity contribution is 0.0600. The molecule has 0 aromatic heterocycles. The topological polar surface area (TPSA) is 48.0 Å². The van der Waals surface area contributed by atoms with Gasteiger partial charge in [0.05, 0.1) is 26.9 Å². The average Bonchev–Trinajstić information content (AvgIpc) is 3.13. The zero-order valence-corrected chi connectivity index (χ0v) is 16.2. The lowest BCUT2D eigenvalue weighted by atomic mass is 9.97. The molecule has 0 N–H and O–H groups in total. The molecule has 1 atom stereocenters. The summed E-state index contributed by atoms with van der Waals surface area (Å²) in [4.78, 5) is 14.2. The molecule has 5 heteroatoms. The second-order valence-electron chi connectivity index (χ2n) is 7.01. The smallest absolute Gasteiger partial charge is 0.337 e. The summed E-state index contributed by atoms with van der Waals surface area (Å²) in [5, 5.41) is 0. The molecule has 0 bridgehead atoms. The highest BCUT2D eigenvalue weighted by atomic mass is 16.5. The van der Waals surface area contributed by atoms with Crippen molar-refractivity contribution in [2.24, 2.45) is 5.92 Å². The molecule has 5 nitrogen and oxygen atoms in total. The number of esters is 1. The number of hydrogen-bond donors (Lipinski definition) is 0. The largest absolute Gasteiger partial charge is 0.497 e. The van der Waals surface area contributed by atoms with Crippen molar-refractivity contribution in [3.63, 3.8) is 0 Å². The first-order valence-corrected chi connectivity index (χ1v) is 9.23. The number of hydrogen-bond acceptors (Lipinski definition) is 5. The van der Waals surface area contributed by atoms with Gasteiger partial charge in [-0.1, -0.05) is 12.1 Å². The Morgan fingerprint density at radius 3 is 2.44 bits per heavy atom. The summed E-state index contributed by atoms with van der Waals surface area (Å²) in [5.74, 6) is 1.95. The van der Waals surface area contributed by atoms with Crippen LogP contribution in [0.25, 0.3) is 0 Å². The monoisotopic (exact) mass is 369 g/mol. The van der Waals surface area contributed by atoms with Crippen LogP contribution in [0.1, 0.15) is 27.9 Å². The molecule has 1 heterocycles. The molecular formula is C22H27NO4. The first-order valence-electron chi connectivity index (χ1n) is 9.23. The fraction of sp³-hybridized carbons (Fsp3) is 0.409. The van der Waals surface area contributed by atoms with Gasteiger partial charge in [-0.2, -0.15) is 0 Å². The quantitative estimate of drug-likeness (QED) is 0.699. The predicted octanol–water partition coefficient (Wildman–Crippen LogP) is 3.56. The van der Waals surface area contributed by atoms with Crippen molar-refractivity contribution in [3.8, 4) is 11.5 Å². The van der Waals surface area contributed by atoms with Crippen LogP contribution in [-0.2, 0) is 17.7 Å². The van der Waals surface area contributed by atoms with Crippen molar-refractivity contribution >= 4 is 5.97 Å². The highest BCUT2D eigenvalue weighted by Crippen LogP contribution is 2.27. The van der Waals surface area contributed by atoms with Crippen molar-refractivity contribution in [2.75, 3.05) is 34.4 Å². The Morgan fingerprint density at radius 2 is 1.78 bits per heavy atom. The molecule has 144 valence electrons. The Balaban J connectivity index is 1.60. The Labute approximate surface area is 160 Å². The van der Waals surface area contributed by atoms with Gasteiger partial charge in [-0.15, -0.1) is 0 Å². The minimum atomic E-state index is -0.281. The molecule has 27 heavy (non-hydrogen) atoms. The van der Waals surface area contributed by atoms with Gasteiger partial charge in [-0.25, -0.2) is 4.79 Å². The number of nitrogens with zero attached hydrogens (tertiary/aromatic N) is 1. The summed E-state index contributed by atoms with van der Waals surface area (Å²) in [7, 11) is 4.76. The maximum absolute atomic E-state index is 11.7. The Bertz CT molecular complexity index is 767. The van der Waals surface area contributed by atoms with E-state index in [-0.39, 0.29) is 5.97 Å². The van der Waals surface area contributed by atoms with E-state index in [1.165, 1.54) is 18.2 Å². The Hall–Kier alpha value is -2.53. The van der Waals surface area contributed by atoms with Gasteiger partial charge in [0, 0.05) is 19.2 Å². The van der Waals surface area contributed by atoms with Gasteiger partial charge in [0.15, 0.2) is 0 Å². The second kappa shape index (κ2) is 8.91. The van der Waals surface area contributed by atoms with Crippen LogP contribution in [0.15, 0.2) is 42.5 Å². The number of benzene rings is 2. The minimum Gasteiger partial charge on any atom is -0.497 e. The van der Waals surface area contributed by atoms with E-state index in [4.69, 9.17) is 14.2 Å². The van der Waals surface area contributed by atoms with Crippen molar-refractivity contribution in [1.29, 1.82) is 0 Å². The van der Waals surface area contributed by atoms with Gasteiger partial charge in [0.1, 0.15) is 11.5 Å². The molecule has 1 fully saturated rings. The minimum absolute atomic E-state index is 0.281. The zero-order valence-electron chi connectivity index (χ0n) is 16.2. The second-order valence-corrected chi connectivity index (χ2v) is 7.01. The molecule has 2 aromatic rings. The molecule has 0 aliphatic carbocycles. The normalized spacial score (nSPS) is 16.9. The van der Waals surface area contributed by atoms with E-state index in [0.717, 1.165) is 44.0 Å². The highest BCUT2D eigenvalue weighted by molar-refractivity contribution is 5.89. The van der Waals surface area contributed by atoms with E-state index >= 15 is 0 Å². The summed E-state index contributed by atoms with van der Waals surface area (Å²) in [6.45, 7) is 3.00. The van der Waals surface area contributed by atoms with Crippen molar-refractivity contribution in [1.82, 2.24) is 4.90 Å². The first kappa shape index (κ1) is 19.2. The van der Waals surface area contributed by atoms with E-state index in [9.17, 15) is 4.79 Å². The number of rotatable bonds is 7. The molecule has 2 aromatic carbocycles. The number of methoxy groups -OCH3 is 3. The molecule has 1 unspecified atom stereocenters. The third-order valence-electron chi connectivity index (χ3n) is 5.06. The van der Waals surface area contributed by atoms with Crippen LogP contribution < -0.4 is 9.47 Å². The van der Waals surface area contributed by atoms with E-state index in [1.807, 2.05) is 18.2 Å². The number of carbonyl (C=O) groups is 1. The van der Waals surface area contributed by atoms with Crippen molar-refractivity contribution in [3.05, 3.63) is 59.2 Å². The van der Waals surface area contributed by atoms with Crippen LogP contribution in [0.5, 0.6) is 11.5 Å². The van der Waals surface area contributed by atoms with E-state index in [0.29, 0.717) is 11.5 Å². The van der Waals surface area contributed by atoms with Crippen LogP contribution in [0, 0.1) is 5.92 Å². The fourth-order valence-electron chi connectivity index (χ4n) is 3.72. The molecule has 1 aliphatic rings. The van der Waals surface area contributed by atoms with Gasteiger partial charge >= 0.3 is 5.97 Å². The summed E-state index contributed by atoms with van der Waals surface area (Å²) < 4.78 is 15.5. The van der Waals surface area contributed by atoms with Crippen molar-refractivity contribution in [2.45, 2.75) is 19.4 Å². The SMILES string of the molecule is COC(=O)c1cccc(CC2CCN(Cc3cc(OC)cc(OC)c3)C2)c1. The number of likely N-dealkylation sites (tertiary alicyclic amines) is 1. The van der Waals surface area contributed by atoms with Gasteiger partial charge in [-0.05, 0) is 60.7 Å². The number of carbonyl (C=O) groups excluding carboxylic acids is 1. The van der Waals surface area contributed by atoms with E-state index < -0.39 is 0 Å². The van der Waals surface area contributed by atoms with E-state index in [1.54, 1.807) is 20.3 Å². The maximum atomic E-state index is 11.7. The zero-order chi connectivity index (χ0) is 19.2. The number of ether oxygens (including phenoxy) is 3. The predicted molar refractivity (Wildman–Crippen MR) is 104 cm³/mol. The molecule has 0 amide bonds. The van der Waals surface area contributed by atoms with Gasteiger partial charge < -0.3 is 14.2 Å².